The maximum Gasteiger partial charge on any atom is 0.259 e. The summed E-state index contributed by atoms with van der Waals surface area (Å²) >= 11 is 0. The SMILES string of the molecule is COc1cc(OC)c(OC)cc1C=NNC(=O)CNC(=O)c1cc(OC)c(OC)c(OC)c1. The Morgan fingerprint density at radius 3 is 1.82 bits per heavy atom. The minimum absolute atomic E-state index is 0.232. The molecule has 0 unspecified atom stereocenters. The summed E-state index contributed by atoms with van der Waals surface area (Å²) in [6, 6.07) is 6.26. The zero-order chi connectivity index (χ0) is 24.4. The Balaban J connectivity index is 2.02. The van der Waals surface area contributed by atoms with E-state index in [-0.39, 0.29) is 12.1 Å². The van der Waals surface area contributed by atoms with Gasteiger partial charge in [-0.2, -0.15) is 5.10 Å². The Morgan fingerprint density at radius 1 is 0.758 bits per heavy atom. The van der Waals surface area contributed by atoms with Gasteiger partial charge in [0.05, 0.1) is 55.4 Å². The largest absolute Gasteiger partial charge is 0.496 e. The van der Waals surface area contributed by atoms with Gasteiger partial charge in [-0.15, -0.1) is 0 Å². The number of rotatable bonds is 11. The Bertz CT molecular complexity index is 998. The highest BCUT2D eigenvalue weighted by atomic mass is 16.5. The Hall–Kier alpha value is -4.15. The smallest absolute Gasteiger partial charge is 0.259 e. The van der Waals surface area contributed by atoms with E-state index in [0.29, 0.717) is 40.1 Å². The Kier molecular flexibility index (Phi) is 9.16. The van der Waals surface area contributed by atoms with E-state index in [1.54, 1.807) is 12.1 Å². The first-order chi connectivity index (χ1) is 15.9. The molecule has 0 aliphatic carbocycles. The maximum atomic E-state index is 12.5. The van der Waals surface area contributed by atoms with Gasteiger partial charge in [0.1, 0.15) is 5.75 Å². The van der Waals surface area contributed by atoms with E-state index in [9.17, 15) is 9.59 Å². The van der Waals surface area contributed by atoms with Crippen molar-refractivity contribution < 1.29 is 38.0 Å². The number of nitrogens with zero attached hydrogens (tertiary/aromatic N) is 1. The molecule has 11 heteroatoms. The van der Waals surface area contributed by atoms with E-state index >= 15 is 0 Å². The van der Waals surface area contributed by atoms with Gasteiger partial charge in [-0.05, 0) is 18.2 Å². The lowest BCUT2D eigenvalue weighted by Crippen LogP contribution is -2.35. The van der Waals surface area contributed by atoms with Crippen molar-refractivity contribution in [2.45, 2.75) is 0 Å². The molecule has 0 radical (unpaired) electrons. The zero-order valence-electron chi connectivity index (χ0n) is 19.3. The molecule has 0 bridgehead atoms. The van der Waals surface area contributed by atoms with Crippen molar-refractivity contribution >= 4 is 18.0 Å². The highest BCUT2D eigenvalue weighted by molar-refractivity contribution is 5.97. The molecule has 0 saturated carbocycles. The van der Waals surface area contributed by atoms with E-state index in [1.807, 2.05) is 0 Å². The molecule has 33 heavy (non-hydrogen) atoms. The number of amides is 2. The molecule has 0 aliphatic rings. The standard InChI is InChI=1S/C22H27N3O8/c1-28-15-10-17(30-3)16(29-2)9-14(15)11-24-25-20(26)12-23-22(27)13-7-18(31-4)21(33-6)19(8-13)32-5/h7-11H,12H2,1-6H3,(H,23,27)(H,25,26). The van der Waals surface area contributed by atoms with Crippen LogP contribution in [0.25, 0.3) is 0 Å². The predicted molar refractivity (Wildman–Crippen MR) is 120 cm³/mol. The fourth-order valence-electron chi connectivity index (χ4n) is 2.84. The van der Waals surface area contributed by atoms with E-state index in [1.165, 1.54) is 61.0 Å². The summed E-state index contributed by atoms with van der Waals surface area (Å²) in [5.41, 5.74) is 3.12. The van der Waals surface area contributed by atoms with Gasteiger partial charge in [0, 0.05) is 17.2 Å². The van der Waals surface area contributed by atoms with Crippen LogP contribution in [-0.4, -0.2) is 67.2 Å². The average molecular weight is 461 g/mol. The molecular weight excluding hydrogens is 434 g/mol. The maximum absolute atomic E-state index is 12.5. The number of nitrogens with one attached hydrogen (secondary N) is 2. The number of benzene rings is 2. The fraction of sp³-hybridized carbons (Fsp3) is 0.318. The molecule has 2 aromatic carbocycles. The first-order valence-electron chi connectivity index (χ1n) is 9.62. The zero-order valence-corrected chi connectivity index (χ0v) is 19.3. The van der Waals surface area contributed by atoms with Crippen molar-refractivity contribution in [3.8, 4) is 34.5 Å². The lowest BCUT2D eigenvalue weighted by molar-refractivity contribution is -0.120. The molecular formula is C22H27N3O8. The van der Waals surface area contributed by atoms with Crippen molar-refractivity contribution in [3.63, 3.8) is 0 Å². The van der Waals surface area contributed by atoms with Crippen molar-refractivity contribution in [1.29, 1.82) is 0 Å². The Morgan fingerprint density at radius 2 is 1.30 bits per heavy atom. The number of hydrazone groups is 1. The van der Waals surface area contributed by atoms with Crippen LogP contribution in [0.5, 0.6) is 34.5 Å². The molecule has 178 valence electrons. The average Bonchev–Trinajstić information content (AvgIpc) is 2.85. The van der Waals surface area contributed by atoms with Crippen LogP contribution in [0, 0.1) is 0 Å². The minimum Gasteiger partial charge on any atom is -0.496 e. The van der Waals surface area contributed by atoms with Crippen LogP contribution in [0.15, 0.2) is 29.4 Å². The highest BCUT2D eigenvalue weighted by Gasteiger charge is 2.17. The van der Waals surface area contributed by atoms with Crippen LogP contribution in [-0.2, 0) is 4.79 Å². The van der Waals surface area contributed by atoms with E-state index < -0.39 is 11.8 Å². The van der Waals surface area contributed by atoms with E-state index in [2.05, 4.69) is 15.8 Å². The number of methoxy groups -OCH3 is 6. The lowest BCUT2D eigenvalue weighted by Gasteiger charge is -2.14. The molecule has 0 atom stereocenters. The van der Waals surface area contributed by atoms with Crippen molar-refractivity contribution in [2.24, 2.45) is 5.10 Å². The summed E-state index contributed by atoms with van der Waals surface area (Å²) in [7, 11) is 8.86. The molecule has 2 amide bonds. The van der Waals surface area contributed by atoms with Crippen LogP contribution in [0.1, 0.15) is 15.9 Å². The highest BCUT2D eigenvalue weighted by Crippen LogP contribution is 2.38. The summed E-state index contributed by atoms with van der Waals surface area (Å²) in [6.07, 6.45) is 1.39. The number of carbonyl (C=O) groups is 2. The lowest BCUT2D eigenvalue weighted by atomic mass is 10.1. The third kappa shape index (κ3) is 6.19. The van der Waals surface area contributed by atoms with Gasteiger partial charge in [0.15, 0.2) is 23.0 Å². The molecule has 0 fully saturated rings. The third-order valence-corrected chi connectivity index (χ3v) is 4.47. The fourth-order valence-corrected chi connectivity index (χ4v) is 2.84. The van der Waals surface area contributed by atoms with Gasteiger partial charge in [-0.1, -0.05) is 0 Å². The molecule has 2 aromatic rings. The molecule has 2 rings (SSSR count). The van der Waals surface area contributed by atoms with Crippen LogP contribution < -0.4 is 39.2 Å². The van der Waals surface area contributed by atoms with Crippen molar-refractivity contribution in [3.05, 3.63) is 35.4 Å². The normalized spacial score (nSPS) is 10.4. The van der Waals surface area contributed by atoms with Gasteiger partial charge in [0.25, 0.3) is 11.8 Å². The van der Waals surface area contributed by atoms with Gasteiger partial charge in [0.2, 0.25) is 5.75 Å². The molecule has 0 aromatic heterocycles. The number of carbonyl (C=O) groups excluding carboxylic acids is 2. The number of hydrogen-bond donors (Lipinski definition) is 2. The quantitative estimate of drug-likeness (QED) is 0.382. The molecule has 0 heterocycles. The topological polar surface area (TPSA) is 126 Å². The van der Waals surface area contributed by atoms with E-state index in [4.69, 9.17) is 28.4 Å². The first kappa shape index (κ1) is 25.1. The summed E-state index contributed by atoms with van der Waals surface area (Å²) in [5, 5.41) is 6.41. The van der Waals surface area contributed by atoms with Gasteiger partial charge in [-0.25, -0.2) is 5.43 Å². The number of hydrogen-bond acceptors (Lipinski definition) is 9. The van der Waals surface area contributed by atoms with Crippen LogP contribution in [0.3, 0.4) is 0 Å². The third-order valence-electron chi connectivity index (χ3n) is 4.47. The van der Waals surface area contributed by atoms with Gasteiger partial charge in [-0.3, -0.25) is 9.59 Å². The summed E-state index contributed by atoms with van der Waals surface area (Å²) < 4.78 is 31.5. The molecule has 0 saturated heterocycles. The summed E-state index contributed by atoms with van der Waals surface area (Å²) in [6.45, 7) is -0.310. The van der Waals surface area contributed by atoms with Crippen LogP contribution in [0.2, 0.25) is 0 Å². The first-order valence-corrected chi connectivity index (χ1v) is 9.62. The second-order valence-electron chi connectivity index (χ2n) is 6.34. The minimum atomic E-state index is -0.536. The van der Waals surface area contributed by atoms with Crippen molar-refractivity contribution in [2.75, 3.05) is 49.2 Å². The van der Waals surface area contributed by atoms with Crippen LogP contribution >= 0.6 is 0 Å². The summed E-state index contributed by atoms with van der Waals surface area (Å²) in [5.74, 6) is 1.39. The van der Waals surface area contributed by atoms with Gasteiger partial charge < -0.3 is 33.7 Å². The van der Waals surface area contributed by atoms with Gasteiger partial charge >= 0.3 is 0 Å². The van der Waals surface area contributed by atoms with Crippen molar-refractivity contribution in [1.82, 2.24) is 10.7 Å². The van der Waals surface area contributed by atoms with Crippen LogP contribution in [0.4, 0.5) is 0 Å². The second-order valence-corrected chi connectivity index (χ2v) is 6.34. The molecule has 0 aliphatic heterocycles. The number of ether oxygens (including phenoxy) is 6. The molecule has 0 spiro atoms. The Labute approximate surface area is 191 Å². The predicted octanol–water partition coefficient (Wildman–Crippen LogP) is 1.62. The molecule has 11 nitrogen and oxygen atoms in total. The second kappa shape index (κ2) is 12.0. The van der Waals surface area contributed by atoms with E-state index in [0.717, 1.165) is 0 Å². The summed E-state index contributed by atoms with van der Waals surface area (Å²) in [4.78, 5) is 24.6. The molecule has 2 N–H and O–H groups in total. The monoisotopic (exact) mass is 461 g/mol.